The average molecular weight is 282 g/mol. The van der Waals surface area contributed by atoms with Gasteiger partial charge >= 0.3 is 12.0 Å². The molecule has 2 saturated heterocycles. The van der Waals surface area contributed by atoms with Crippen LogP contribution in [0.3, 0.4) is 0 Å². The van der Waals surface area contributed by atoms with E-state index in [1.54, 1.807) is 4.90 Å². The number of carbonyl (C=O) groups excluding carboxylic acids is 1. The first-order chi connectivity index (χ1) is 9.53. The molecule has 114 valence electrons. The van der Waals surface area contributed by atoms with Crippen LogP contribution in [0.4, 0.5) is 4.79 Å². The van der Waals surface area contributed by atoms with Crippen LogP contribution >= 0.6 is 0 Å². The Kier molecular flexibility index (Phi) is 4.55. The van der Waals surface area contributed by atoms with Crippen molar-refractivity contribution < 1.29 is 14.7 Å². The standard InChI is InChI=1S/C15H26N2O3/c1-3-8-15(13(18)19)9-6-11-17(15)14(20)16-10-5-4-7-12(16)2/h12H,3-11H2,1-2H3,(H,18,19). The van der Waals surface area contributed by atoms with Crippen molar-refractivity contribution in [2.45, 2.75) is 70.4 Å². The van der Waals surface area contributed by atoms with Crippen LogP contribution in [0.1, 0.15) is 58.8 Å². The second kappa shape index (κ2) is 6.02. The Morgan fingerprint density at radius 1 is 1.25 bits per heavy atom. The van der Waals surface area contributed by atoms with Gasteiger partial charge in [0, 0.05) is 19.1 Å². The minimum Gasteiger partial charge on any atom is -0.479 e. The summed E-state index contributed by atoms with van der Waals surface area (Å²) in [6.45, 7) is 5.39. The van der Waals surface area contributed by atoms with Gasteiger partial charge in [0.15, 0.2) is 0 Å². The van der Waals surface area contributed by atoms with Crippen LogP contribution < -0.4 is 0 Å². The highest BCUT2D eigenvalue weighted by Crippen LogP contribution is 2.35. The zero-order valence-electron chi connectivity index (χ0n) is 12.6. The van der Waals surface area contributed by atoms with Crippen molar-refractivity contribution in [3.63, 3.8) is 0 Å². The fraction of sp³-hybridized carbons (Fsp3) is 0.867. The van der Waals surface area contributed by atoms with Gasteiger partial charge in [-0.3, -0.25) is 0 Å². The van der Waals surface area contributed by atoms with E-state index in [4.69, 9.17) is 0 Å². The van der Waals surface area contributed by atoms with Gasteiger partial charge in [-0.1, -0.05) is 13.3 Å². The van der Waals surface area contributed by atoms with Crippen molar-refractivity contribution >= 4 is 12.0 Å². The Labute approximate surface area is 120 Å². The second-order valence-electron chi connectivity index (χ2n) is 6.16. The lowest BCUT2D eigenvalue weighted by Gasteiger charge is -2.41. The van der Waals surface area contributed by atoms with Gasteiger partial charge < -0.3 is 14.9 Å². The number of piperidine rings is 1. The van der Waals surface area contributed by atoms with Crippen LogP contribution in [0.15, 0.2) is 0 Å². The van der Waals surface area contributed by atoms with E-state index in [0.29, 0.717) is 19.4 Å². The lowest BCUT2D eigenvalue weighted by molar-refractivity contribution is -0.149. The van der Waals surface area contributed by atoms with E-state index in [0.717, 1.165) is 38.6 Å². The van der Waals surface area contributed by atoms with Crippen LogP contribution in [-0.4, -0.2) is 51.6 Å². The van der Waals surface area contributed by atoms with Crippen molar-refractivity contribution in [1.82, 2.24) is 9.80 Å². The lowest BCUT2D eigenvalue weighted by Crippen LogP contribution is -2.58. The highest BCUT2D eigenvalue weighted by Gasteiger charge is 2.50. The van der Waals surface area contributed by atoms with Gasteiger partial charge in [0.1, 0.15) is 5.54 Å². The number of hydrogen-bond acceptors (Lipinski definition) is 2. The molecule has 0 aromatic rings. The van der Waals surface area contributed by atoms with Crippen LogP contribution in [0.5, 0.6) is 0 Å². The van der Waals surface area contributed by atoms with E-state index in [9.17, 15) is 14.7 Å². The first-order valence-corrected chi connectivity index (χ1v) is 7.84. The first kappa shape index (κ1) is 15.1. The lowest BCUT2D eigenvalue weighted by atomic mass is 9.90. The second-order valence-corrected chi connectivity index (χ2v) is 6.16. The molecule has 0 saturated carbocycles. The Bertz CT molecular complexity index is 385. The van der Waals surface area contributed by atoms with E-state index in [-0.39, 0.29) is 12.1 Å². The molecule has 0 aromatic carbocycles. The van der Waals surface area contributed by atoms with Crippen molar-refractivity contribution in [1.29, 1.82) is 0 Å². The molecule has 2 fully saturated rings. The molecule has 1 N–H and O–H groups in total. The number of carboxylic acids is 1. The summed E-state index contributed by atoms with van der Waals surface area (Å²) in [6, 6.07) is 0.163. The summed E-state index contributed by atoms with van der Waals surface area (Å²) < 4.78 is 0. The van der Waals surface area contributed by atoms with Crippen LogP contribution in [0, 0.1) is 0 Å². The number of urea groups is 1. The summed E-state index contributed by atoms with van der Waals surface area (Å²) in [6.07, 6.45) is 5.92. The third-order valence-corrected chi connectivity index (χ3v) is 4.83. The van der Waals surface area contributed by atoms with Crippen molar-refractivity contribution in [2.75, 3.05) is 13.1 Å². The van der Waals surface area contributed by atoms with Crippen molar-refractivity contribution in [2.24, 2.45) is 0 Å². The molecule has 2 amide bonds. The quantitative estimate of drug-likeness (QED) is 0.865. The van der Waals surface area contributed by atoms with E-state index in [2.05, 4.69) is 6.92 Å². The number of rotatable bonds is 3. The molecular formula is C15H26N2O3. The molecular weight excluding hydrogens is 256 g/mol. The van der Waals surface area contributed by atoms with E-state index < -0.39 is 11.5 Å². The van der Waals surface area contributed by atoms with Gasteiger partial charge in [0.2, 0.25) is 0 Å². The third-order valence-electron chi connectivity index (χ3n) is 4.83. The van der Waals surface area contributed by atoms with Gasteiger partial charge in [-0.25, -0.2) is 9.59 Å². The Morgan fingerprint density at radius 3 is 2.60 bits per heavy atom. The largest absolute Gasteiger partial charge is 0.479 e. The highest BCUT2D eigenvalue weighted by molar-refractivity contribution is 5.87. The van der Waals surface area contributed by atoms with Gasteiger partial charge in [-0.2, -0.15) is 0 Å². The zero-order chi connectivity index (χ0) is 14.8. The predicted octanol–water partition coefficient (Wildman–Crippen LogP) is 2.70. The Morgan fingerprint density at radius 2 is 2.00 bits per heavy atom. The number of likely N-dealkylation sites (tertiary alicyclic amines) is 2. The Balaban J connectivity index is 2.20. The molecule has 2 heterocycles. The number of hydrogen-bond donors (Lipinski definition) is 1. The molecule has 2 unspecified atom stereocenters. The minimum atomic E-state index is -0.969. The van der Waals surface area contributed by atoms with E-state index >= 15 is 0 Å². The summed E-state index contributed by atoms with van der Waals surface area (Å²) in [5.74, 6) is -0.838. The third kappa shape index (κ3) is 2.50. The molecule has 0 aromatic heterocycles. The molecule has 20 heavy (non-hydrogen) atoms. The zero-order valence-corrected chi connectivity index (χ0v) is 12.6. The first-order valence-electron chi connectivity index (χ1n) is 7.84. The van der Waals surface area contributed by atoms with Gasteiger partial charge in [-0.15, -0.1) is 0 Å². The topological polar surface area (TPSA) is 60.9 Å². The Hall–Kier alpha value is -1.26. The number of carbonyl (C=O) groups is 2. The molecule has 5 heteroatoms. The van der Waals surface area contributed by atoms with Crippen LogP contribution in [-0.2, 0) is 4.79 Å². The summed E-state index contributed by atoms with van der Waals surface area (Å²) in [5, 5.41) is 9.67. The van der Waals surface area contributed by atoms with Crippen molar-refractivity contribution in [3.05, 3.63) is 0 Å². The van der Waals surface area contributed by atoms with E-state index in [1.807, 2.05) is 11.8 Å². The number of aliphatic carboxylic acids is 1. The van der Waals surface area contributed by atoms with Gasteiger partial charge in [0.05, 0.1) is 0 Å². The monoisotopic (exact) mass is 282 g/mol. The van der Waals surface area contributed by atoms with Crippen molar-refractivity contribution in [3.8, 4) is 0 Å². The fourth-order valence-electron chi connectivity index (χ4n) is 3.70. The van der Waals surface area contributed by atoms with Crippen LogP contribution in [0.2, 0.25) is 0 Å². The molecule has 2 rings (SSSR count). The molecule has 0 bridgehead atoms. The molecule has 0 spiro atoms. The van der Waals surface area contributed by atoms with Gasteiger partial charge in [0.25, 0.3) is 0 Å². The molecule has 5 nitrogen and oxygen atoms in total. The summed E-state index contributed by atoms with van der Waals surface area (Å²) >= 11 is 0. The summed E-state index contributed by atoms with van der Waals surface area (Å²) in [5.41, 5.74) is -0.969. The van der Waals surface area contributed by atoms with Crippen LogP contribution in [0.25, 0.3) is 0 Å². The highest BCUT2D eigenvalue weighted by atomic mass is 16.4. The van der Waals surface area contributed by atoms with Gasteiger partial charge in [-0.05, 0) is 45.4 Å². The molecule has 2 aliphatic rings. The normalized spacial score (nSPS) is 30.6. The maximum Gasteiger partial charge on any atom is 0.329 e. The SMILES string of the molecule is CCCC1(C(=O)O)CCCN1C(=O)N1CCCCC1C. The number of carboxylic acid groups (broad SMARTS) is 1. The maximum atomic E-state index is 12.8. The maximum absolute atomic E-state index is 12.8. The summed E-state index contributed by atoms with van der Waals surface area (Å²) in [4.78, 5) is 28.1. The molecule has 0 radical (unpaired) electrons. The fourth-order valence-corrected chi connectivity index (χ4v) is 3.70. The minimum absolute atomic E-state index is 0.0643. The molecule has 0 aliphatic carbocycles. The molecule has 2 aliphatic heterocycles. The smallest absolute Gasteiger partial charge is 0.329 e. The number of nitrogens with zero attached hydrogens (tertiary/aromatic N) is 2. The van der Waals surface area contributed by atoms with E-state index in [1.165, 1.54) is 0 Å². The predicted molar refractivity (Wildman–Crippen MR) is 76.6 cm³/mol. The molecule has 2 atom stereocenters. The summed E-state index contributed by atoms with van der Waals surface area (Å²) in [7, 11) is 0. The average Bonchev–Trinajstić information content (AvgIpc) is 2.84. The number of amides is 2.